The molecule has 1 N–H and O–H groups in total. The van der Waals surface area contributed by atoms with Crippen molar-refractivity contribution in [3.63, 3.8) is 0 Å². The molecule has 0 aromatic rings. The summed E-state index contributed by atoms with van der Waals surface area (Å²) in [6, 6.07) is 0.714. The van der Waals surface area contributed by atoms with E-state index in [2.05, 4.69) is 31.0 Å². The molecule has 1 unspecified atom stereocenters. The highest BCUT2D eigenvalue weighted by Gasteiger charge is 2.30. The lowest BCUT2D eigenvalue weighted by Gasteiger charge is -2.44. The van der Waals surface area contributed by atoms with Crippen LogP contribution in [0, 0.1) is 5.92 Å². The van der Waals surface area contributed by atoms with Crippen molar-refractivity contribution in [2.24, 2.45) is 5.92 Å². The van der Waals surface area contributed by atoms with Crippen LogP contribution in [0.1, 0.15) is 59.3 Å². The summed E-state index contributed by atoms with van der Waals surface area (Å²) in [7, 11) is 0. The Morgan fingerprint density at radius 3 is 2.59 bits per heavy atom. The van der Waals surface area contributed by atoms with Gasteiger partial charge < -0.3 is 5.32 Å². The van der Waals surface area contributed by atoms with Crippen molar-refractivity contribution in [1.29, 1.82) is 0 Å². The van der Waals surface area contributed by atoms with Crippen LogP contribution in [-0.2, 0) is 0 Å². The van der Waals surface area contributed by atoms with E-state index < -0.39 is 0 Å². The van der Waals surface area contributed by atoms with E-state index in [9.17, 15) is 0 Å². The maximum atomic E-state index is 3.63. The minimum atomic E-state index is 0.305. The first-order valence-electron chi connectivity index (χ1n) is 7.56. The molecule has 0 radical (unpaired) electrons. The van der Waals surface area contributed by atoms with Crippen molar-refractivity contribution >= 4 is 0 Å². The largest absolute Gasteiger partial charge is 0.309 e. The first kappa shape index (κ1) is 13.4. The summed E-state index contributed by atoms with van der Waals surface area (Å²) < 4.78 is 0. The number of nitrogens with one attached hydrogen (secondary N) is 1. The molecule has 1 aliphatic heterocycles. The molecule has 2 nitrogen and oxygen atoms in total. The van der Waals surface area contributed by atoms with Crippen molar-refractivity contribution in [1.82, 2.24) is 10.2 Å². The van der Waals surface area contributed by atoms with Crippen molar-refractivity contribution in [3.8, 4) is 0 Å². The third kappa shape index (κ3) is 3.96. The molecule has 0 aromatic carbocycles. The van der Waals surface area contributed by atoms with Crippen LogP contribution in [-0.4, -0.2) is 36.1 Å². The highest BCUT2D eigenvalue weighted by molar-refractivity contribution is 4.90. The smallest absolute Gasteiger partial charge is 0.0252 e. The lowest BCUT2D eigenvalue weighted by Crippen LogP contribution is -2.60. The Bertz CT molecular complexity index is 231. The highest BCUT2D eigenvalue weighted by Crippen LogP contribution is 2.27. The number of piperazine rings is 1. The van der Waals surface area contributed by atoms with Gasteiger partial charge in [-0.2, -0.15) is 0 Å². The van der Waals surface area contributed by atoms with Crippen LogP contribution in [0.2, 0.25) is 0 Å². The van der Waals surface area contributed by atoms with Gasteiger partial charge in [-0.05, 0) is 39.7 Å². The SMILES string of the molecule is CC1CNC(C)(C)CN1CCC1CCCCC1. The normalized spacial score (nSPS) is 31.6. The zero-order chi connectivity index (χ0) is 12.3. The minimum Gasteiger partial charge on any atom is -0.309 e. The summed E-state index contributed by atoms with van der Waals surface area (Å²) in [4.78, 5) is 2.70. The van der Waals surface area contributed by atoms with Gasteiger partial charge in [0.05, 0.1) is 0 Å². The maximum Gasteiger partial charge on any atom is 0.0252 e. The molecule has 0 amide bonds. The molecule has 1 heterocycles. The van der Waals surface area contributed by atoms with Gasteiger partial charge in [0, 0.05) is 24.7 Å². The van der Waals surface area contributed by atoms with Gasteiger partial charge in [-0.15, -0.1) is 0 Å². The summed E-state index contributed by atoms with van der Waals surface area (Å²) in [5.41, 5.74) is 0.305. The van der Waals surface area contributed by atoms with E-state index in [0.29, 0.717) is 11.6 Å². The number of hydrogen-bond acceptors (Lipinski definition) is 2. The van der Waals surface area contributed by atoms with Gasteiger partial charge in [-0.1, -0.05) is 32.1 Å². The van der Waals surface area contributed by atoms with E-state index in [1.807, 2.05) is 0 Å². The van der Waals surface area contributed by atoms with E-state index in [0.717, 1.165) is 12.5 Å². The van der Waals surface area contributed by atoms with Gasteiger partial charge in [0.1, 0.15) is 0 Å². The minimum absolute atomic E-state index is 0.305. The topological polar surface area (TPSA) is 15.3 Å². The molecular weight excluding hydrogens is 208 g/mol. The number of hydrogen-bond donors (Lipinski definition) is 1. The number of rotatable bonds is 3. The molecule has 2 rings (SSSR count). The Balaban J connectivity index is 1.76. The third-order valence-electron chi connectivity index (χ3n) is 4.65. The van der Waals surface area contributed by atoms with Crippen LogP contribution in [0.3, 0.4) is 0 Å². The quantitative estimate of drug-likeness (QED) is 0.813. The molecule has 0 aromatic heterocycles. The third-order valence-corrected chi connectivity index (χ3v) is 4.65. The summed E-state index contributed by atoms with van der Waals surface area (Å²) in [5.74, 6) is 1.02. The molecular formula is C15H30N2. The fourth-order valence-electron chi connectivity index (χ4n) is 3.40. The highest BCUT2D eigenvalue weighted by atomic mass is 15.2. The van der Waals surface area contributed by atoms with Crippen LogP contribution in [0.5, 0.6) is 0 Å². The van der Waals surface area contributed by atoms with Gasteiger partial charge in [-0.25, -0.2) is 0 Å². The van der Waals surface area contributed by atoms with Gasteiger partial charge in [0.15, 0.2) is 0 Å². The lowest BCUT2D eigenvalue weighted by atomic mass is 9.86. The molecule has 0 spiro atoms. The first-order chi connectivity index (χ1) is 8.07. The standard InChI is InChI=1S/C15H30N2/c1-13-11-16-15(2,3)12-17(13)10-9-14-7-5-4-6-8-14/h13-14,16H,4-12H2,1-3H3. The summed E-state index contributed by atoms with van der Waals surface area (Å²) in [6.07, 6.45) is 8.85. The Morgan fingerprint density at radius 2 is 1.88 bits per heavy atom. The average molecular weight is 238 g/mol. The van der Waals surface area contributed by atoms with Gasteiger partial charge >= 0.3 is 0 Å². The Hall–Kier alpha value is -0.0800. The fourth-order valence-corrected chi connectivity index (χ4v) is 3.40. The number of nitrogens with zero attached hydrogens (tertiary/aromatic N) is 1. The van der Waals surface area contributed by atoms with Crippen LogP contribution >= 0.6 is 0 Å². The van der Waals surface area contributed by atoms with Crippen molar-refractivity contribution in [3.05, 3.63) is 0 Å². The molecule has 2 heteroatoms. The summed E-state index contributed by atoms with van der Waals surface area (Å²) >= 11 is 0. The molecule has 1 aliphatic carbocycles. The van der Waals surface area contributed by atoms with E-state index in [1.165, 1.54) is 51.6 Å². The summed E-state index contributed by atoms with van der Waals surface area (Å²) in [5, 5.41) is 3.63. The van der Waals surface area contributed by atoms with E-state index in [4.69, 9.17) is 0 Å². The van der Waals surface area contributed by atoms with E-state index in [-0.39, 0.29) is 0 Å². The van der Waals surface area contributed by atoms with Crippen LogP contribution < -0.4 is 5.32 Å². The second kappa shape index (κ2) is 5.71. The van der Waals surface area contributed by atoms with Crippen molar-refractivity contribution in [2.45, 2.75) is 70.9 Å². The lowest BCUT2D eigenvalue weighted by molar-refractivity contribution is 0.0954. The molecule has 1 saturated heterocycles. The van der Waals surface area contributed by atoms with Crippen molar-refractivity contribution < 1.29 is 0 Å². The Labute approximate surface area is 107 Å². The predicted octanol–water partition coefficient (Wildman–Crippen LogP) is 3.03. The van der Waals surface area contributed by atoms with Crippen LogP contribution in [0.4, 0.5) is 0 Å². The van der Waals surface area contributed by atoms with Gasteiger partial charge in [0.2, 0.25) is 0 Å². The average Bonchev–Trinajstić information content (AvgIpc) is 2.32. The Morgan fingerprint density at radius 1 is 1.18 bits per heavy atom. The zero-order valence-electron chi connectivity index (χ0n) is 12.0. The second-order valence-electron chi connectivity index (χ2n) is 6.88. The predicted molar refractivity (Wildman–Crippen MR) is 74.3 cm³/mol. The maximum absolute atomic E-state index is 3.63. The molecule has 0 bridgehead atoms. The Kier molecular flexibility index (Phi) is 4.48. The fraction of sp³-hybridized carbons (Fsp3) is 1.00. The van der Waals surface area contributed by atoms with E-state index >= 15 is 0 Å². The first-order valence-corrected chi connectivity index (χ1v) is 7.56. The zero-order valence-corrected chi connectivity index (χ0v) is 12.0. The molecule has 100 valence electrons. The summed E-state index contributed by atoms with van der Waals surface area (Å²) in [6.45, 7) is 10.7. The van der Waals surface area contributed by atoms with Gasteiger partial charge in [0.25, 0.3) is 0 Å². The molecule has 2 aliphatic rings. The molecule has 17 heavy (non-hydrogen) atoms. The van der Waals surface area contributed by atoms with Crippen molar-refractivity contribution in [2.75, 3.05) is 19.6 Å². The van der Waals surface area contributed by atoms with Gasteiger partial charge in [-0.3, -0.25) is 4.90 Å². The van der Waals surface area contributed by atoms with E-state index in [1.54, 1.807) is 0 Å². The molecule has 2 fully saturated rings. The second-order valence-corrected chi connectivity index (χ2v) is 6.88. The monoisotopic (exact) mass is 238 g/mol. The molecule has 1 atom stereocenters. The molecule has 1 saturated carbocycles. The van der Waals surface area contributed by atoms with Crippen LogP contribution in [0.15, 0.2) is 0 Å². The van der Waals surface area contributed by atoms with Crippen LogP contribution in [0.25, 0.3) is 0 Å².